The monoisotopic (exact) mass is 345 g/mol. The highest BCUT2D eigenvalue weighted by Gasteiger charge is 2.44. The van der Waals surface area contributed by atoms with Crippen LogP contribution in [0, 0.1) is 5.92 Å². The lowest BCUT2D eigenvalue weighted by atomic mass is 9.82. The maximum Gasteiger partial charge on any atom is 0.416 e. The molecule has 1 heterocycles. The molecule has 1 amide bonds. The molecule has 0 bridgehead atoms. The second kappa shape index (κ2) is 7.21. The van der Waals surface area contributed by atoms with Crippen molar-refractivity contribution in [3.05, 3.63) is 35.4 Å². The van der Waals surface area contributed by atoms with Crippen LogP contribution in [0.5, 0.6) is 0 Å². The molecule has 1 aliphatic heterocycles. The number of hydrogen-bond acceptors (Lipinski definition) is 3. The van der Waals surface area contributed by atoms with Crippen molar-refractivity contribution in [3.63, 3.8) is 0 Å². The van der Waals surface area contributed by atoms with E-state index in [2.05, 4.69) is 0 Å². The molecule has 1 saturated heterocycles. The lowest BCUT2D eigenvalue weighted by molar-refractivity contribution is -0.155. The molecule has 0 aromatic heterocycles. The van der Waals surface area contributed by atoms with E-state index in [4.69, 9.17) is 4.74 Å². The summed E-state index contributed by atoms with van der Waals surface area (Å²) in [5.41, 5.74) is -1.11. The second-order valence-corrected chi connectivity index (χ2v) is 5.59. The van der Waals surface area contributed by atoms with Gasteiger partial charge in [-0.3, -0.25) is 9.59 Å². The first-order valence-electron chi connectivity index (χ1n) is 7.44. The van der Waals surface area contributed by atoms with Crippen molar-refractivity contribution in [2.75, 3.05) is 20.3 Å². The number of alkyl halides is 3. The summed E-state index contributed by atoms with van der Waals surface area (Å²) in [5, 5.41) is 9.44. The van der Waals surface area contributed by atoms with Crippen LogP contribution in [0.2, 0.25) is 0 Å². The van der Waals surface area contributed by atoms with E-state index in [-0.39, 0.29) is 37.5 Å². The standard InChI is InChI=1S/C16H18F3NO4/c1-24-9-8-20-13(21)7-6-11(15(22)23)14(20)10-4-2-3-5-12(10)16(17,18)19/h2-5,11,14H,6-9H2,1H3,(H,22,23). The third kappa shape index (κ3) is 3.69. The number of carboxylic acid groups (broad SMARTS) is 1. The van der Waals surface area contributed by atoms with E-state index >= 15 is 0 Å². The van der Waals surface area contributed by atoms with Gasteiger partial charge < -0.3 is 14.7 Å². The third-order valence-electron chi connectivity index (χ3n) is 4.14. The molecule has 0 spiro atoms. The first-order chi connectivity index (χ1) is 11.3. The highest BCUT2D eigenvalue weighted by molar-refractivity contribution is 5.82. The van der Waals surface area contributed by atoms with Gasteiger partial charge in [0.25, 0.3) is 0 Å². The van der Waals surface area contributed by atoms with Gasteiger partial charge in [0, 0.05) is 20.1 Å². The highest BCUT2D eigenvalue weighted by Crippen LogP contribution is 2.42. The molecule has 1 aromatic carbocycles. The third-order valence-corrected chi connectivity index (χ3v) is 4.14. The number of benzene rings is 1. The van der Waals surface area contributed by atoms with Crippen molar-refractivity contribution in [3.8, 4) is 0 Å². The summed E-state index contributed by atoms with van der Waals surface area (Å²) in [4.78, 5) is 25.0. The van der Waals surface area contributed by atoms with Crippen LogP contribution in [0.4, 0.5) is 13.2 Å². The number of carbonyl (C=O) groups is 2. The SMILES string of the molecule is COCCN1C(=O)CCC(C(=O)O)C1c1ccccc1C(F)(F)F. The summed E-state index contributed by atoms with van der Waals surface area (Å²) in [6.07, 6.45) is -4.63. The summed E-state index contributed by atoms with van der Waals surface area (Å²) in [6.45, 7) is 0.152. The Morgan fingerprint density at radius 2 is 2.04 bits per heavy atom. The minimum Gasteiger partial charge on any atom is -0.481 e. The molecule has 8 heteroatoms. The van der Waals surface area contributed by atoms with E-state index in [0.717, 1.165) is 6.07 Å². The molecule has 5 nitrogen and oxygen atoms in total. The Bertz CT molecular complexity index is 618. The van der Waals surface area contributed by atoms with Gasteiger partial charge in [0.1, 0.15) is 0 Å². The van der Waals surface area contributed by atoms with Gasteiger partial charge >= 0.3 is 12.1 Å². The fourth-order valence-electron chi connectivity index (χ4n) is 3.06. The van der Waals surface area contributed by atoms with Crippen LogP contribution < -0.4 is 0 Å². The molecule has 1 N–H and O–H groups in total. The van der Waals surface area contributed by atoms with Gasteiger partial charge in [-0.05, 0) is 18.1 Å². The molecular formula is C16H18F3NO4. The summed E-state index contributed by atoms with van der Waals surface area (Å²) in [5.74, 6) is -2.68. The van der Waals surface area contributed by atoms with Crippen LogP contribution in [0.1, 0.15) is 30.0 Å². The van der Waals surface area contributed by atoms with E-state index in [1.165, 1.54) is 30.2 Å². The number of amides is 1. The van der Waals surface area contributed by atoms with Crippen molar-refractivity contribution >= 4 is 11.9 Å². The number of carboxylic acids is 1. The predicted molar refractivity (Wildman–Crippen MR) is 78.1 cm³/mol. The minimum atomic E-state index is -4.63. The number of methoxy groups -OCH3 is 1. The van der Waals surface area contributed by atoms with Gasteiger partial charge in [0.2, 0.25) is 5.91 Å². The van der Waals surface area contributed by atoms with Crippen LogP contribution in [0.3, 0.4) is 0 Å². The van der Waals surface area contributed by atoms with E-state index in [1.807, 2.05) is 0 Å². The first-order valence-corrected chi connectivity index (χ1v) is 7.44. The molecule has 132 valence electrons. The largest absolute Gasteiger partial charge is 0.481 e. The fraction of sp³-hybridized carbons (Fsp3) is 0.500. The van der Waals surface area contributed by atoms with E-state index in [0.29, 0.717) is 0 Å². The van der Waals surface area contributed by atoms with E-state index in [1.54, 1.807) is 0 Å². The summed E-state index contributed by atoms with van der Waals surface area (Å²) < 4.78 is 44.9. The average molecular weight is 345 g/mol. The van der Waals surface area contributed by atoms with Gasteiger partial charge in [-0.25, -0.2) is 0 Å². The van der Waals surface area contributed by atoms with E-state index in [9.17, 15) is 27.9 Å². The van der Waals surface area contributed by atoms with Crippen molar-refractivity contribution in [2.24, 2.45) is 5.92 Å². The second-order valence-electron chi connectivity index (χ2n) is 5.59. The molecule has 24 heavy (non-hydrogen) atoms. The molecule has 0 radical (unpaired) electrons. The van der Waals surface area contributed by atoms with Crippen LogP contribution in [0.15, 0.2) is 24.3 Å². The zero-order chi connectivity index (χ0) is 17.9. The molecule has 1 aromatic rings. The quantitative estimate of drug-likeness (QED) is 0.891. The topological polar surface area (TPSA) is 66.8 Å². The Labute approximate surface area is 137 Å². The summed E-state index contributed by atoms with van der Waals surface area (Å²) in [7, 11) is 1.40. The van der Waals surface area contributed by atoms with Crippen molar-refractivity contribution in [1.29, 1.82) is 0 Å². The Kier molecular flexibility index (Phi) is 5.48. The number of hydrogen-bond donors (Lipinski definition) is 1. The summed E-state index contributed by atoms with van der Waals surface area (Å²) >= 11 is 0. The first kappa shape index (κ1) is 18.3. The van der Waals surface area contributed by atoms with Crippen LogP contribution >= 0.6 is 0 Å². The van der Waals surface area contributed by atoms with Crippen molar-refractivity contribution < 1.29 is 32.6 Å². The number of piperidine rings is 1. The molecule has 0 saturated carbocycles. The van der Waals surface area contributed by atoms with Gasteiger partial charge in [0.05, 0.1) is 24.1 Å². The van der Waals surface area contributed by atoms with Crippen LogP contribution in [0.25, 0.3) is 0 Å². The average Bonchev–Trinajstić information content (AvgIpc) is 2.52. The van der Waals surface area contributed by atoms with Crippen LogP contribution in [-0.2, 0) is 20.5 Å². The van der Waals surface area contributed by atoms with Crippen LogP contribution in [-0.4, -0.2) is 42.1 Å². The highest BCUT2D eigenvalue weighted by atomic mass is 19.4. The Morgan fingerprint density at radius 1 is 1.38 bits per heavy atom. The number of aliphatic carboxylic acids is 1. The fourth-order valence-corrected chi connectivity index (χ4v) is 3.06. The molecule has 0 aliphatic carbocycles. The molecule has 2 unspecified atom stereocenters. The zero-order valence-corrected chi connectivity index (χ0v) is 13.0. The number of rotatable bonds is 5. The normalized spacial score (nSPS) is 21.8. The van der Waals surface area contributed by atoms with Gasteiger partial charge in [-0.1, -0.05) is 18.2 Å². The number of halogens is 3. The lowest BCUT2D eigenvalue weighted by Crippen LogP contribution is -2.47. The van der Waals surface area contributed by atoms with Gasteiger partial charge in [0.15, 0.2) is 0 Å². The lowest BCUT2D eigenvalue weighted by Gasteiger charge is -2.40. The maximum absolute atomic E-state index is 13.3. The molecular weight excluding hydrogens is 327 g/mol. The predicted octanol–water partition coefficient (Wildman–Crippen LogP) is 2.72. The number of carbonyl (C=O) groups excluding carboxylic acids is 1. The van der Waals surface area contributed by atoms with Crippen molar-refractivity contribution in [1.82, 2.24) is 4.90 Å². The van der Waals surface area contributed by atoms with Gasteiger partial charge in [-0.2, -0.15) is 13.2 Å². The number of ether oxygens (including phenoxy) is 1. The Balaban J connectivity index is 2.54. The minimum absolute atomic E-state index is 0.00844. The van der Waals surface area contributed by atoms with Gasteiger partial charge in [-0.15, -0.1) is 0 Å². The number of likely N-dealkylation sites (tertiary alicyclic amines) is 1. The maximum atomic E-state index is 13.3. The number of nitrogens with zero attached hydrogens (tertiary/aromatic N) is 1. The molecule has 2 rings (SSSR count). The van der Waals surface area contributed by atoms with E-state index < -0.39 is 29.7 Å². The van der Waals surface area contributed by atoms with Crippen molar-refractivity contribution in [2.45, 2.75) is 25.1 Å². The molecule has 1 aliphatic rings. The smallest absolute Gasteiger partial charge is 0.416 e. The Hall–Kier alpha value is -2.09. The zero-order valence-electron chi connectivity index (χ0n) is 13.0. The summed E-state index contributed by atoms with van der Waals surface area (Å²) in [6, 6.07) is 3.63. The Morgan fingerprint density at radius 3 is 2.62 bits per heavy atom. The molecule has 1 fully saturated rings. The molecule has 2 atom stereocenters.